The highest BCUT2D eigenvalue weighted by molar-refractivity contribution is 5.88. The molecule has 2 amide bonds. The van der Waals surface area contributed by atoms with Crippen molar-refractivity contribution in [3.63, 3.8) is 0 Å². The minimum absolute atomic E-state index is 0.00258. The van der Waals surface area contributed by atoms with E-state index in [1.54, 1.807) is 6.92 Å². The molecule has 2 fully saturated rings. The highest BCUT2D eigenvalue weighted by atomic mass is 16.2. The number of nitrogens with zero attached hydrogens (tertiary/aromatic N) is 1. The van der Waals surface area contributed by atoms with E-state index >= 15 is 0 Å². The van der Waals surface area contributed by atoms with Gasteiger partial charge >= 0.3 is 0 Å². The molecule has 3 rings (SSSR count). The number of rotatable bonds is 6. The molecule has 0 heterocycles. The zero-order valence-corrected chi connectivity index (χ0v) is 15.2. The van der Waals surface area contributed by atoms with Crippen molar-refractivity contribution >= 4 is 11.8 Å². The number of hydrogen-bond donors (Lipinski definition) is 2. The fraction of sp³-hybridized carbons (Fsp3) is 0.600. The van der Waals surface area contributed by atoms with Gasteiger partial charge in [-0.3, -0.25) is 9.59 Å². The van der Waals surface area contributed by atoms with Crippen molar-refractivity contribution in [2.75, 3.05) is 13.1 Å². The SMILES string of the molecule is CCN(C(=O)C(C)NC(=O)CN)C1C2CCC(C2)C1c1ccccc1. The number of fused-ring (bicyclic) bond motifs is 2. The molecule has 0 aliphatic heterocycles. The van der Waals surface area contributed by atoms with Crippen LogP contribution in [0.1, 0.15) is 44.6 Å². The minimum atomic E-state index is -0.536. The molecule has 2 aliphatic rings. The lowest BCUT2D eigenvalue weighted by molar-refractivity contribution is -0.139. The first-order valence-electron chi connectivity index (χ1n) is 9.41. The van der Waals surface area contributed by atoms with Crippen LogP contribution in [0.4, 0.5) is 0 Å². The van der Waals surface area contributed by atoms with Gasteiger partial charge in [-0.1, -0.05) is 30.3 Å². The molecule has 3 N–H and O–H groups in total. The van der Waals surface area contributed by atoms with Gasteiger partial charge in [0.25, 0.3) is 0 Å². The van der Waals surface area contributed by atoms with Crippen molar-refractivity contribution in [1.82, 2.24) is 10.2 Å². The summed E-state index contributed by atoms with van der Waals surface area (Å²) in [4.78, 5) is 26.6. The second kappa shape index (κ2) is 7.56. The van der Waals surface area contributed by atoms with Crippen molar-refractivity contribution in [3.8, 4) is 0 Å². The van der Waals surface area contributed by atoms with Crippen molar-refractivity contribution in [1.29, 1.82) is 0 Å². The summed E-state index contributed by atoms with van der Waals surface area (Å²) in [5.74, 6) is 1.35. The zero-order chi connectivity index (χ0) is 18.0. The normalized spacial score (nSPS) is 28.6. The molecule has 25 heavy (non-hydrogen) atoms. The molecule has 1 aromatic rings. The summed E-state index contributed by atoms with van der Waals surface area (Å²) in [6.07, 6.45) is 3.66. The fourth-order valence-electron chi connectivity index (χ4n) is 4.98. The van der Waals surface area contributed by atoms with Gasteiger partial charge in [0.1, 0.15) is 6.04 Å². The summed E-state index contributed by atoms with van der Waals surface area (Å²) in [7, 11) is 0. The lowest BCUT2D eigenvalue weighted by Gasteiger charge is -2.40. The van der Waals surface area contributed by atoms with E-state index in [0.29, 0.717) is 24.3 Å². The number of benzene rings is 1. The second-order valence-electron chi connectivity index (χ2n) is 7.38. The van der Waals surface area contributed by atoms with E-state index in [1.807, 2.05) is 17.9 Å². The maximum atomic E-state index is 13.0. The van der Waals surface area contributed by atoms with Crippen LogP contribution in [0.15, 0.2) is 30.3 Å². The monoisotopic (exact) mass is 343 g/mol. The Balaban J connectivity index is 1.83. The van der Waals surface area contributed by atoms with Gasteiger partial charge in [-0.2, -0.15) is 0 Å². The summed E-state index contributed by atoms with van der Waals surface area (Å²) in [6.45, 7) is 4.36. The van der Waals surface area contributed by atoms with E-state index in [2.05, 4.69) is 29.6 Å². The Kier molecular flexibility index (Phi) is 5.42. The molecule has 0 saturated heterocycles. The van der Waals surface area contributed by atoms with E-state index in [-0.39, 0.29) is 24.4 Å². The number of nitrogens with one attached hydrogen (secondary N) is 1. The molecule has 1 aromatic carbocycles. The van der Waals surface area contributed by atoms with Crippen LogP contribution in [0.3, 0.4) is 0 Å². The Hall–Kier alpha value is -1.88. The molecule has 2 aliphatic carbocycles. The van der Waals surface area contributed by atoms with E-state index in [4.69, 9.17) is 5.73 Å². The van der Waals surface area contributed by atoms with Gasteiger partial charge in [-0.15, -0.1) is 0 Å². The Labute approximate surface area is 150 Å². The maximum absolute atomic E-state index is 13.0. The van der Waals surface area contributed by atoms with Crippen LogP contribution >= 0.6 is 0 Å². The molecular formula is C20H29N3O2. The average Bonchev–Trinajstić information content (AvgIpc) is 3.24. The fourth-order valence-corrected chi connectivity index (χ4v) is 4.98. The predicted molar refractivity (Wildman–Crippen MR) is 97.8 cm³/mol. The third kappa shape index (κ3) is 3.43. The lowest BCUT2D eigenvalue weighted by Crippen LogP contribution is -2.54. The third-order valence-corrected chi connectivity index (χ3v) is 5.97. The number of carbonyl (C=O) groups excluding carboxylic acids is 2. The van der Waals surface area contributed by atoms with Gasteiger partial charge in [0.15, 0.2) is 0 Å². The first kappa shape index (κ1) is 17.9. The topological polar surface area (TPSA) is 75.4 Å². The van der Waals surface area contributed by atoms with Crippen molar-refractivity contribution in [3.05, 3.63) is 35.9 Å². The summed E-state index contributed by atoms with van der Waals surface area (Å²) >= 11 is 0. The van der Waals surface area contributed by atoms with Crippen LogP contribution in [-0.4, -0.2) is 41.9 Å². The summed E-state index contributed by atoms with van der Waals surface area (Å²) in [5.41, 5.74) is 6.70. The highest BCUT2D eigenvalue weighted by Gasteiger charge is 2.51. The number of likely N-dealkylation sites (N-methyl/N-ethyl adjacent to an activating group) is 1. The molecule has 0 radical (unpaired) electrons. The molecule has 0 spiro atoms. The number of hydrogen-bond acceptors (Lipinski definition) is 3. The van der Waals surface area contributed by atoms with E-state index in [0.717, 1.165) is 0 Å². The van der Waals surface area contributed by atoms with Crippen LogP contribution in [0.5, 0.6) is 0 Å². The van der Waals surface area contributed by atoms with Crippen molar-refractivity contribution in [2.45, 2.75) is 51.1 Å². The molecule has 2 saturated carbocycles. The molecule has 5 nitrogen and oxygen atoms in total. The average molecular weight is 343 g/mol. The second-order valence-corrected chi connectivity index (χ2v) is 7.38. The predicted octanol–water partition coefficient (Wildman–Crippen LogP) is 1.88. The highest BCUT2D eigenvalue weighted by Crippen LogP contribution is 2.54. The first-order chi connectivity index (χ1) is 12.1. The van der Waals surface area contributed by atoms with Gasteiger partial charge in [-0.05, 0) is 50.5 Å². The van der Waals surface area contributed by atoms with Crippen LogP contribution in [-0.2, 0) is 9.59 Å². The molecule has 2 bridgehead atoms. The first-order valence-corrected chi connectivity index (χ1v) is 9.41. The summed E-state index contributed by atoms with van der Waals surface area (Å²) in [5, 5.41) is 2.71. The van der Waals surface area contributed by atoms with E-state index < -0.39 is 6.04 Å². The van der Waals surface area contributed by atoms with Gasteiger partial charge in [0, 0.05) is 18.5 Å². The standard InChI is InChI=1S/C20H29N3O2/c1-3-23(20(25)13(2)22-17(24)12-21)19-16-10-9-15(11-16)18(19)14-7-5-4-6-8-14/h4-8,13,15-16,18-19H,3,9-12,21H2,1-2H3,(H,22,24). The Morgan fingerprint density at radius 1 is 1.24 bits per heavy atom. The maximum Gasteiger partial charge on any atom is 0.245 e. The lowest BCUT2D eigenvalue weighted by atomic mass is 9.79. The quantitative estimate of drug-likeness (QED) is 0.828. The molecule has 5 heteroatoms. The van der Waals surface area contributed by atoms with Crippen molar-refractivity contribution < 1.29 is 9.59 Å². The molecular weight excluding hydrogens is 314 g/mol. The molecule has 5 atom stereocenters. The zero-order valence-electron chi connectivity index (χ0n) is 15.2. The van der Waals surface area contributed by atoms with Crippen LogP contribution < -0.4 is 11.1 Å². The molecule has 136 valence electrons. The number of amides is 2. The van der Waals surface area contributed by atoms with E-state index in [9.17, 15) is 9.59 Å². The number of nitrogens with two attached hydrogens (primary N) is 1. The summed E-state index contributed by atoms with van der Waals surface area (Å²) in [6, 6.07) is 10.3. The Morgan fingerprint density at radius 2 is 1.92 bits per heavy atom. The summed E-state index contributed by atoms with van der Waals surface area (Å²) < 4.78 is 0. The van der Waals surface area contributed by atoms with Crippen LogP contribution in [0, 0.1) is 11.8 Å². The smallest absolute Gasteiger partial charge is 0.245 e. The number of carbonyl (C=O) groups is 2. The van der Waals surface area contributed by atoms with Crippen molar-refractivity contribution in [2.24, 2.45) is 17.6 Å². The van der Waals surface area contributed by atoms with Gasteiger partial charge in [0.05, 0.1) is 6.54 Å². The van der Waals surface area contributed by atoms with Gasteiger partial charge in [0.2, 0.25) is 11.8 Å². The Bertz CT molecular complexity index is 619. The van der Waals surface area contributed by atoms with Gasteiger partial charge in [-0.25, -0.2) is 0 Å². The van der Waals surface area contributed by atoms with Crippen LogP contribution in [0.25, 0.3) is 0 Å². The largest absolute Gasteiger partial charge is 0.343 e. The van der Waals surface area contributed by atoms with E-state index in [1.165, 1.54) is 24.8 Å². The van der Waals surface area contributed by atoms with Crippen LogP contribution in [0.2, 0.25) is 0 Å². The molecule has 0 aromatic heterocycles. The van der Waals surface area contributed by atoms with Gasteiger partial charge < -0.3 is 16.0 Å². The molecule has 5 unspecified atom stereocenters. The third-order valence-electron chi connectivity index (χ3n) is 5.97. The minimum Gasteiger partial charge on any atom is -0.343 e. The Morgan fingerprint density at radius 3 is 2.56 bits per heavy atom.